The van der Waals surface area contributed by atoms with Crippen molar-refractivity contribution in [3.05, 3.63) is 88.0 Å². The molecule has 1 aromatic heterocycles. The van der Waals surface area contributed by atoms with Crippen LogP contribution in [0, 0.1) is 12.3 Å². The van der Waals surface area contributed by atoms with E-state index in [1.165, 1.54) is 37.3 Å². The highest BCUT2D eigenvalue weighted by molar-refractivity contribution is 9.10. The summed E-state index contributed by atoms with van der Waals surface area (Å²) in [5.74, 6) is 1.85. The third-order valence-electron chi connectivity index (χ3n) is 5.71. The Bertz CT molecular complexity index is 1740. The van der Waals surface area contributed by atoms with Gasteiger partial charge in [-0.15, -0.1) is 6.42 Å². The van der Waals surface area contributed by atoms with Gasteiger partial charge in [0.2, 0.25) is 0 Å². The van der Waals surface area contributed by atoms with Gasteiger partial charge in [-0.05, 0) is 71.2 Å². The summed E-state index contributed by atoms with van der Waals surface area (Å²) >= 11 is 10.2. The van der Waals surface area contributed by atoms with E-state index in [1.807, 2.05) is 0 Å². The van der Waals surface area contributed by atoms with Crippen molar-refractivity contribution in [1.82, 2.24) is 4.57 Å². The predicted octanol–water partition coefficient (Wildman–Crippen LogP) is 5.17. The third-order valence-corrected chi connectivity index (χ3v) is 7.53. The molecule has 2 heterocycles. The molecule has 0 unspecified atom stereocenters. The van der Waals surface area contributed by atoms with Crippen LogP contribution in [-0.2, 0) is 9.53 Å². The van der Waals surface area contributed by atoms with Crippen LogP contribution in [0.25, 0.3) is 6.08 Å². The monoisotopic (exact) mass is 668 g/mol. The van der Waals surface area contributed by atoms with E-state index in [2.05, 4.69) is 26.8 Å². The van der Waals surface area contributed by atoms with Gasteiger partial charge in [0.15, 0.2) is 22.0 Å². The smallest absolute Gasteiger partial charge is 0.434 e. The van der Waals surface area contributed by atoms with Gasteiger partial charge in [-0.25, -0.2) is 9.79 Å². The first-order chi connectivity index (χ1) is 19.5. The van der Waals surface area contributed by atoms with Crippen LogP contribution in [0.5, 0.6) is 11.5 Å². The number of carbonyl (C=O) groups is 1. The molecule has 13 heteroatoms. The fourth-order valence-electron chi connectivity index (χ4n) is 4.14. The largest absolute Gasteiger partial charge is 0.490 e. The molecule has 0 radical (unpaired) electrons. The summed E-state index contributed by atoms with van der Waals surface area (Å²) in [5, 5.41) is 0.323. The van der Waals surface area contributed by atoms with Crippen LogP contribution in [-0.4, -0.2) is 36.5 Å². The van der Waals surface area contributed by atoms with Gasteiger partial charge in [0.05, 0.1) is 33.8 Å². The van der Waals surface area contributed by atoms with E-state index < -0.39 is 35.0 Å². The summed E-state index contributed by atoms with van der Waals surface area (Å²) in [5.41, 5.74) is -2.17. The average Bonchev–Trinajstić information content (AvgIpc) is 3.22. The zero-order valence-corrected chi connectivity index (χ0v) is 24.7. The summed E-state index contributed by atoms with van der Waals surface area (Å²) in [6, 6.07) is 7.60. The third kappa shape index (κ3) is 6.37. The number of carbonyl (C=O) groups excluding carboxylic acids is 1. The normalized spacial score (nSPS) is 15.2. The summed E-state index contributed by atoms with van der Waals surface area (Å²) in [4.78, 5) is 30.2. The average molecular weight is 670 g/mol. The number of esters is 1. The standard InChI is InChI=1S/C28H21BrClF3N2O5S/c1-4-11-40-23-18(29)12-15(13-19(23)38-5-2)14-20-25(36)35-22(16-7-9-17(30)10-8-16)21(26(37)39-6-3)24(28(31,32)33)34-27(35)41-20/h1,7-10,12-14,22H,5-6,11H2,2-3H3/b20-14-/t22-/m1/s1. The first-order valence-corrected chi connectivity index (χ1v) is 14.1. The van der Waals surface area contributed by atoms with Crippen molar-refractivity contribution in [1.29, 1.82) is 0 Å². The minimum atomic E-state index is -5.01. The van der Waals surface area contributed by atoms with Crippen molar-refractivity contribution in [3.8, 4) is 23.8 Å². The minimum Gasteiger partial charge on any atom is -0.490 e. The number of halogens is 5. The van der Waals surface area contributed by atoms with Crippen molar-refractivity contribution in [2.75, 3.05) is 19.8 Å². The van der Waals surface area contributed by atoms with E-state index in [1.54, 1.807) is 19.1 Å². The van der Waals surface area contributed by atoms with Gasteiger partial charge in [-0.2, -0.15) is 13.2 Å². The SMILES string of the molecule is C#CCOc1c(Br)cc(/C=c2\sc3n(c2=O)[C@H](c2ccc(Cl)cc2)C(C(=O)OCC)=C(C(F)(F)F)N=3)cc1OCC. The maximum Gasteiger partial charge on any atom is 0.434 e. The molecule has 1 aliphatic rings. The van der Waals surface area contributed by atoms with Crippen LogP contribution in [0.2, 0.25) is 5.02 Å². The van der Waals surface area contributed by atoms with Crippen molar-refractivity contribution >= 4 is 50.9 Å². The quantitative estimate of drug-likeness (QED) is 0.245. The number of hydrogen-bond donors (Lipinski definition) is 0. The van der Waals surface area contributed by atoms with E-state index in [0.29, 0.717) is 33.2 Å². The highest BCUT2D eigenvalue weighted by Gasteiger charge is 2.45. The molecule has 0 N–H and O–H groups in total. The van der Waals surface area contributed by atoms with Gasteiger partial charge < -0.3 is 14.2 Å². The summed E-state index contributed by atoms with van der Waals surface area (Å²) in [6.07, 6.45) is 1.78. The Balaban J connectivity index is 1.99. The van der Waals surface area contributed by atoms with Gasteiger partial charge in [0.1, 0.15) is 6.61 Å². The Morgan fingerprint density at radius 3 is 2.54 bits per heavy atom. The van der Waals surface area contributed by atoms with Gasteiger partial charge in [-0.3, -0.25) is 9.36 Å². The van der Waals surface area contributed by atoms with Gasteiger partial charge >= 0.3 is 12.1 Å². The van der Waals surface area contributed by atoms with Crippen LogP contribution in [0.4, 0.5) is 13.2 Å². The molecule has 0 amide bonds. The second kappa shape index (κ2) is 12.5. The molecule has 0 fully saturated rings. The van der Waals surface area contributed by atoms with Crippen molar-refractivity contribution in [2.24, 2.45) is 4.99 Å². The van der Waals surface area contributed by atoms with E-state index in [4.69, 9.17) is 32.2 Å². The highest BCUT2D eigenvalue weighted by atomic mass is 79.9. The molecule has 0 aliphatic carbocycles. The Morgan fingerprint density at radius 1 is 1.22 bits per heavy atom. The zero-order chi connectivity index (χ0) is 29.9. The van der Waals surface area contributed by atoms with Crippen LogP contribution in [0.1, 0.15) is 31.0 Å². The number of rotatable bonds is 8. The van der Waals surface area contributed by atoms with Crippen molar-refractivity contribution in [3.63, 3.8) is 0 Å². The number of allylic oxidation sites excluding steroid dienone is 1. The zero-order valence-electron chi connectivity index (χ0n) is 21.6. The molecule has 41 heavy (non-hydrogen) atoms. The molecule has 3 aromatic rings. The molecule has 0 bridgehead atoms. The first-order valence-electron chi connectivity index (χ1n) is 12.1. The molecular formula is C28H21BrClF3N2O5S. The Labute approximate surface area is 249 Å². The summed E-state index contributed by atoms with van der Waals surface area (Å²) in [6.45, 7) is 3.37. The fraction of sp³-hybridized carbons (Fsp3) is 0.250. The maximum atomic E-state index is 14.3. The van der Waals surface area contributed by atoms with Crippen LogP contribution in [0.3, 0.4) is 0 Å². The number of hydrogen-bond acceptors (Lipinski definition) is 7. The summed E-state index contributed by atoms with van der Waals surface area (Å²) < 4.78 is 60.6. The highest BCUT2D eigenvalue weighted by Crippen LogP contribution is 2.39. The van der Waals surface area contributed by atoms with Gasteiger partial charge in [0, 0.05) is 5.02 Å². The number of nitrogens with zero attached hydrogens (tertiary/aromatic N) is 2. The number of ether oxygens (including phenoxy) is 3. The molecule has 1 aliphatic heterocycles. The van der Waals surface area contributed by atoms with Crippen LogP contribution < -0.4 is 24.4 Å². The second-order valence-electron chi connectivity index (χ2n) is 8.37. The molecule has 0 saturated heterocycles. The van der Waals surface area contributed by atoms with E-state index in [0.717, 1.165) is 15.9 Å². The van der Waals surface area contributed by atoms with Crippen molar-refractivity contribution < 1.29 is 32.2 Å². The number of fused-ring (bicyclic) bond motifs is 1. The van der Waals surface area contributed by atoms with Crippen molar-refractivity contribution in [2.45, 2.75) is 26.1 Å². The van der Waals surface area contributed by atoms with E-state index in [-0.39, 0.29) is 28.1 Å². The predicted molar refractivity (Wildman–Crippen MR) is 152 cm³/mol. The molecule has 2 aromatic carbocycles. The Morgan fingerprint density at radius 2 is 1.93 bits per heavy atom. The lowest BCUT2D eigenvalue weighted by Gasteiger charge is -2.26. The maximum absolute atomic E-state index is 14.3. The number of terminal acetylenes is 1. The minimum absolute atomic E-state index is 0.00828. The van der Waals surface area contributed by atoms with Crippen LogP contribution in [0.15, 0.2) is 61.9 Å². The van der Waals surface area contributed by atoms with Gasteiger partial charge in [-0.1, -0.05) is 41.0 Å². The molecule has 4 rings (SSSR count). The molecule has 214 valence electrons. The molecule has 0 spiro atoms. The van der Waals surface area contributed by atoms with Gasteiger partial charge in [0.25, 0.3) is 5.56 Å². The Kier molecular flexibility index (Phi) is 9.31. The van der Waals surface area contributed by atoms with Crippen LogP contribution >= 0.6 is 38.9 Å². The molecule has 0 saturated carbocycles. The second-order valence-corrected chi connectivity index (χ2v) is 10.7. The van der Waals surface area contributed by atoms with E-state index in [9.17, 15) is 22.8 Å². The topological polar surface area (TPSA) is 79.1 Å². The molecule has 7 nitrogen and oxygen atoms in total. The number of thiazole rings is 1. The number of benzene rings is 2. The fourth-order valence-corrected chi connectivity index (χ4v) is 5.84. The Hall–Kier alpha value is -3.53. The first kappa shape index (κ1) is 30.4. The lowest BCUT2D eigenvalue weighted by Crippen LogP contribution is -2.41. The number of alkyl halides is 3. The summed E-state index contributed by atoms with van der Waals surface area (Å²) in [7, 11) is 0. The lowest BCUT2D eigenvalue weighted by atomic mass is 9.95. The molecule has 1 atom stereocenters. The lowest BCUT2D eigenvalue weighted by molar-refractivity contribution is -0.140. The van der Waals surface area contributed by atoms with E-state index >= 15 is 0 Å². The number of aromatic nitrogens is 1. The molecular weight excluding hydrogens is 649 g/mol.